The largest absolute Gasteiger partial charge is 0.478 e. The van der Waals surface area contributed by atoms with Crippen molar-refractivity contribution in [2.24, 2.45) is 5.92 Å². The molecule has 1 atom stereocenters. The molecule has 1 heterocycles. The first kappa shape index (κ1) is 18.0. The average molecular weight is 377 g/mol. The molecule has 4 rings (SSSR count). The Labute approximate surface area is 160 Å². The van der Waals surface area contributed by atoms with Crippen LogP contribution < -0.4 is 10.7 Å². The van der Waals surface area contributed by atoms with Gasteiger partial charge in [0, 0.05) is 17.9 Å². The average Bonchev–Trinajstić information content (AvgIpc) is 2.68. The van der Waals surface area contributed by atoms with E-state index in [1.54, 1.807) is 24.3 Å². The number of hydrogen-bond acceptors (Lipinski definition) is 4. The summed E-state index contributed by atoms with van der Waals surface area (Å²) in [5.41, 5.74) is 2.32. The standard InChI is InChI=1S/C22H19NO5/c1-12-6-8-15-19(10-12)28-18-9-7-13(11-16(18)20(15)24)21(25)23-17-5-3-2-4-14(17)22(26)27/h2-6,8,10,13H,7,9,11H2,1H3,(H,23,25)(H,26,27). The molecular weight excluding hydrogens is 358 g/mol. The highest BCUT2D eigenvalue weighted by Gasteiger charge is 2.29. The Balaban J connectivity index is 1.62. The SMILES string of the molecule is Cc1ccc2c(=O)c3c(oc2c1)CCC(C(=O)Nc1ccccc1C(=O)O)C3. The third kappa shape index (κ3) is 3.17. The van der Waals surface area contributed by atoms with Gasteiger partial charge in [0.2, 0.25) is 5.91 Å². The normalized spacial score (nSPS) is 15.8. The minimum atomic E-state index is -1.10. The Hall–Kier alpha value is -3.41. The van der Waals surface area contributed by atoms with Crippen molar-refractivity contribution in [1.29, 1.82) is 0 Å². The molecule has 0 spiro atoms. The number of carbonyl (C=O) groups excluding carboxylic acids is 1. The summed E-state index contributed by atoms with van der Waals surface area (Å²) in [4.78, 5) is 37.0. The monoisotopic (exact) mass is 377 g/mol. The van der Waals surface area contributed by atoms with Gasteiger partial charge in [0.1, 0.15) is 11.3 Å². The highest BCUT2D eigenvalue weighted by molar-refractivity contribution is 6.01. The van der Waals surface area contributed by atoms with E-state index in [-0.39, 0.29) is 29.0 Å². The van der Waals surface area contributed by atoms with Crippen LogP contribution in [-0.2, 0) is 17.6 Å². The predicted octanol–water partition coefficient (Wildman–Crippen LogP) is 3.54. The van der Waals surface area contributed by atoms with Gasteiger partial charge in [0.15, 0.2) is 5.43 Å². The number of carboxylic acids is 1. The van der Waals surface area contributed by atoms with E-state index in [1.165, 1.54) is 6.07 Å². The third-order valence-corrected chi connectivity index (χ3v) is 5.18. The molecule has 0 bridgehead atoms. The van der Waals surface area contributed by atoms with Crippen LogP contribution in [0, 0.1) is 12.8 Å². The van der Waals surface area contributed by atoms with Gasteiger partial charge in [0.25, 0.3) is 0 Å². The zero-order valence-corrected chi connectivity index (χ0v) is 15.3. The minimum absolute atomic E-state index is 0.0351. The van der Waals surface area contributed by atoms with Gasteiger partial charge in [-0.2, -0.15) is 0 Å². The summed E-state index contributed by atoms with van der Waals surface area (Å²) in [7, 11) is 0. The highest BCUT2D eigenvalue weighted by atomic mass is 16.4. The van der Waals surface area contributed by atoms with E-state index < -0.39 is 11.9 Å². The number of hydrogen-bond donors (Lipinski definition) is 2. The molecule has 2 aromatic carbocycles. The molecule has 1 aliphatic rings. The van der Waals surface area contributed by atoms with Gasteiger partial charge in [-0.15, -0.1) is 0 Å². The topological polar surface area (TPSA) is 96.6 Å². The summed E-state index contributed by atoms with van der Waals surface area (Å²) in [6.07, 6.45) is 1.31. The zero-order chi connectivity index (χ0) is 19.8. The smallest absolute Gasteiger partial charge is 0.337 e. The van der Waals surface area contributed by atoms with Crippen LogP contribution in [0.3, 0.4) is 0 Å². The summed E-state index contributed by atoms with van der Waals surface area (Å²) in [5, 5.41) is 12.5. The first-order chi connectivity index (χ1) is 13.4. The van der Waals surface area contributed by atoms with Crippen LogP contribution in [0.5, 0.6) is 0 Å². The molecular formula is C22H19NO5. The van der Waals surface area contributed by atoms with Gasteiger partial charge >= 0.3 is 5.97 Å². The van der Waals surface area contributed by atoms with Crippen LogP contribution in [0.2, 0.25) is 0 Å². The molecule has 0 saturated carbocycles. The summed E-state index contributed by atoms with van der Waals surface area (Å²) in [6.45, 7) is 1.94. The van der Waals surface area contributed by atoms with E-state index in [1.807, 2.05) is 19.1 Å². The minimum Gasteiger partial charge on any atom is -0.478 e. The van der Waals surface area contributed by atoms with Crippen molar-refractivity contribution in [2.45, 2.75) is 26.2 Å². The molecule has 6 heteroatoms. The number of carboxylic acid groups (broad SMARTS) is 1. The molecule has 142 valence electrons. The maximum Gasteiger partial charge on any atom is 0.337 e. The van der Waals surface area contributed by atoms with E-state index in [2.05, 4.69) is 5.32 Å². The van der Waals surface area contributed by atoms with Crippen LogP contribution in [0.1, 0.15) is 33.7 Å². The van der Waals surface area contributed by atoms with Crippen molar-refractivity contribution in [2.75, 3.05) is 5.32 Å². The van der Waals surface area contributed by atoms with Gasteiger partial charge in [-0.1, -0.05) is 18.2 Å². The molecule has 2 N–H and O–H groups in total. The fourth-order valence-electron chi connectivity index (χ4n) is 3.68. The number of amides is 1. The molecule has 6 nitrogen and oxygen atoms in total. The van der Waals surface area contributed by atoms with E-state index in [9.17, 15) is 19.5 Å². The van der Waals surface area contributed by atoms with Gasteiger partial charge in [-0.05, 0) is 49.6 Å². The fraction of sp³-hybridized carbons (Fsp3) is 0.227. The maximum absolute atomic E-state index is 12.9. The van der Waals surface area contributed by atoms with E-state index in [4.69, 9.17) is 4.42 Å². The first-order valence-electron chi connectivity index (χ1n) is 9.12. The molecule has 0 fully saturated rings. The van der Waals surface area contributed by atoms with Crippen LogP contribution in [0.4, 0.5) is 5.69 Å². The molecule has 1 aromatic heterocycles. The van der Waals surface area contributed by atoms with Crippen molar-refractivity contribution in [3.63, 3.8) is 0 Å². The Morgan fingerprint density at radius 2 is 1.96 bits per heavy atom. The highest BCUT2D eigenvalue weighted by Crippen LogP contribution is 2.28. The summed E-state index contributed by atoms with van der Waals surface area (Å²) in [5.74, 6) is -1.17. The molecule has 1 amide bonds. The number of fused-ring (bicyclic) bond motifs is 2. The fourth-order valence-corrected chi connectivity index (χ4v) is 3.68. The molecule has 0 saturated heterocycles. The van der Waals surface area contributed by atoms with Gasteiger partial charge < -0.3 is 14.8 Å². The number of rotatable bonds is 3. The number of carbonyl (C=O) groups is 2. The van der Waals surface area contributed by atoms with Crippen LogP contribution in [0.25, 0.3) is 11.0 Å². The van der Waals surface area contributed by atoms with Crippen molar-refractivity contribution in [3.8, 4) is 0 Å². The summed E-state index contributed by atoms with van der Waals surface area (Å²) in [6, 6.07) is 11.7. The van der Waals surface area contributed by atoms with Gasteiger partial charge in [-0.25, -0.2) is 4.79 Å². The zero-order valence-electron chi connectivity index (χ0n) is 15.3. The lowest BCUT2D eigenvalue weighted by Gasteiger charge is -2.23. The van der Waals surface area contributed by atoms with Gasteiger partial charge in [-0.3, -0.25) is 9.59 Å². The number of aromatic carboxylic acids is 1. The molecule has 0 radical (unpaired) electrons. The van der Waals surface area contributed by atoms with Crippen molar-refractivity contribution < 1.29 is 19.1 Å². The molecule has 28 heavy (non-hydrogen) atoms. The lowest BCUT2D eigenvalue weighted by Crippen LogP contribution is -2.31. The first-order valence-corrected chi connectivity index (χ1v) is 9.12. The van der Waals surface area contributed by atoms with Crippen LogP contribution in [0.15, 0.2) is 51.7 Å². The Morgan fingerprint density at radius 1 is 1.18 bits per heavy atom. The van der Waals surface area contributed by atoms with E-state index >= 15 is 0 Å². The Kier molecular flexibility index (Phi) is 4.47. The third-order valence-electron chi connectivity index (χ3n) is 5.18. The number of aryl methyl sites for hydroxylation is 2. The summed E-state index contributed by atoms with van der Waals surface area (Å²) < 4.78 is 5.93. The number of benzene rings is 2. The van der Waals surface area contributed by atoms with E-state index in [0.717, 1.165) is 5.56 Å². The summed E-state index contributed by atoms with van der Waals surface area (Å²) >= 11 is 0. The lowest BCUT2D eigenvalue weighted by molar-refractivity contribution is -0.120. The van der Waals surface area contributed by atoms with Crippen LogP contribution >= 0.6 is 0 Å². The van der Waals surface area contributed by atoms with E-state index in [0.29, 0.717) is 35.1 Å². The van der Waals surface area contributed by atoms with Crippen LogP contribution in [-0.4, -0.2) is 17.0 Å². The number of nitrogens with one attached hydrogen (secondary N) is 1. The second-order valence-electron chi connectivity index (χ2n) is 7.11. The molecule has 3 aromatic rings. The second kappa shape index (κ2) is 6.96. The van der Waals surface area contributed by atoms with Crippen molar-refractivity contribution in [3.05, 3.63) is 75.1 Å². The predicted molar refractivity (Wildman–Crippen MR) is 105 cm³/mol. The van der Waals surface area contributed by atoms with Gasteiger partial charge in [0.05, 0.1) is 16.6 Å². The second-order valence-corrected chi connectivity index (χ2v) is 7.11. The molecule has 0 aliphatic heterocycles. The van der Waals surface area contributed by atoms with Crippen molar-refractivity contribution in [1.82, 2.24) is 0 Å². The number of para-hydroxylation sites is 1. The Morgan fingerprint density at radius 3 is 2.75 bits per heavy atom. The molecule has 1 aliphatic carbocycles. The maximum atomic E-state index is 12.9. The number of anilines is 1. The molecule has 1 unspecified atom stereocenters. The Bertz CT molecular complexity index is 1160. The lowest BCUT2D eigenvalue weighted by atomic mass is 9.85. The quantitative estimate of drug-likeness (QED) is 0.728. The van der Waals surface area contributed by atoms with Crippen molar-refractivity contribution >= 4 is 28.5 Å².